The molecule has 2 unspecified atom stereocenters. The zero-order valence-electron chi connectivity index (χ0n) is 17.5. The summed E-state index contributed by atoms with van der Waals surface area (Å²) in [6, 6.07) is 3.78. The average molecular weight is 447 g/mol. The van der Waals surface area contributed by atoms with Gasteiger partial charge in [-0.1, -0.05) is 18.9 Å². The summed E-state index contributed by atoms with van der Waals surface area (Å²) >= 11 is 1.49. The van der Waals surface area contributed by atoms with Gasteiger partial charge < -0.3 is 14.1 Å². The molecule has 2 fully saturated rings. The lowest BCUT2D eigenvalue weighted by Gasteiger charge is -2.22. The molecule has 3 amide bonds. The second-order valence-corrected chi connectivity index (χ2v) is 8.81. The van der Waals surface area contributed by atoms with Crippen molar-refractivity contribution in [3.63, 3.8) is 0 Å². The van der Waals surface area contributed by atoms with Crippen molar-refractivity contribution in [1.29, 1.82) is 0 Å². The number of aromatic nitrogens is 2. The Morgan fingerprint density at radius 3 is 2.65 bits per heavy atom. The van der Waals surface area contributed by atoms with Crippen LogP contribution in [0.5, 0.6) is 0 Å². The molecule has 4 rings (SSSR count). The Morgan fingerprint density at radius 1 is 1.26 bits per heavy atom. The number of hydrogen-bond donors (Lipinski definition) is 0. The van der Waals surface area contributed by atoms with Gasteiger partial charge in [-0.2, -0.15) is 0 Å². The predicted octanol–water partition coefficient (Wildman–Crippen LogP) is 2.34. The Bertz CT molecular complexity index is 904. The van der Waals surface area contributed by atoms with Crippen LogP contribution in [0.25, 0.3) is 10.8 Å². The maximum Gasteiger partial charge on any atom is 0.257 e. The van der Waals surface area contributed by atoms with Crippen LogP contribution in [0.15, 0.2) is 21.9 Å². The molecule has 1 aliphatic carbocycles. The highest BCUT2D eigenvalue weighted by atomic mass is 32.1. The first-order chi connectivity index (χ1) is 15.1. The van der Waals surface area contributed by atoms with E-state index in [4.69, 9.17) is 9.15 Å². The summed E-state index contributed by atoms with van der Waals surface area (Å²) in [5, 5.41) is 10.0. The second kappa shape index (κ2) is 9.69. The molecule has 3 heterocycles. The van der Waals surface area contributed by atoms with Gasteiger partial charge in [0.05, 0.1) is 29.9 Å². The minimum absolute atomic E-state index is 0.0621. The van der Waals surface area contributed by atoms with Gasteiger partial charge in [0.1, 0.15) is 0 Å². The molecular formula is C21H26N4O5S. The molecule has 1 aliphatic heterocycles. The van der Waals surface area contributed by atoms with Crippen molar-refractivity contribution in [3.8, 4) is 10.8 Å². The normalized spacial score (nSPS) is 20.9. The Kier molecular flexibility index (Phi) is 6.77. The SMILES string of the molecule is COCCN(Cc1nnc(-c2cccs2)o1)C(=O)CCN1C(=O)C2CCCCC2C1=O. The molecule has 0 spiro atoms. The predicted molar refractivity (Wildman–Crippen MR) is 112 cm³/mol. The van der Waals surface area contributed by atoms with E-state index in [0.29, 0.717) is 24.9 Å². The van der Waals surface area contributed by atoms with E-state index >= 15 is 0 Å². The topological polar surface area (TPSA) is 106 Å². The molecule has 1 saturated carbocycles. The third kappa shape index (κ3) is 4.69. The summed E-state index contributed by atoms with van der Waals surface area (Å²) in [5.74, 6) is -0.0903. The lowest BCUT2D eigenvalue weighted by Crippen LogP contribution is -2.38. The fourth-order valence-corrected chi connectivity index (χ4v) is 4.94. The third-order valence-electron chi connectivity index (χ3n) is 5.92. The highest BCUT2D eigenvalue weighted by Gasteiger charge is 2.47. The molecule has 2 aromatic rings. The number of imide groups is 1. The summed E-state index contributed by atoms with van der Waals surface area (Å²) in [6.45, 7) is 0.952. The lowest BCUT2D eigenvalue weighted by molar-refractivity contribution is -0.141. The number of thiophene rings is 1. The first kappa shape index (κ1) is 21.6. The van der Waals surface area contributed by atoms with Crippen molar-refractivity contribution >= 4 is 29.1 Å². The van der Waals surface area contributed by atoms with Gasteiger partial charge in [-0.05, 0) is 24.3 Å². The van der Waals surface area contributed by atoms with E-state index in [1.165, 1.54) is 16.2 Å². The Hall–Kier alpha value is -2.59. The number of carbonyl (C=O) groups excluding carboxylic acids is 3. The summed E-state index contributed by atoms with van der Waals surface area (Å²) in [7, 11) is 1.56. The highest BCUT2D eigenvalue weighted by molar-refractivity contribution is 7.13. The fourth-order valence-electron chi connectivity index (χ4n) is 4.29. The van der Waals surface area contributed by atoms with E-state index in [-0.39, 0.29) is 49.1 Å². The van der Waals surface area contributed by atoms with Crippen LogP contribution in [0.2, 0.25) is 0 Å². The van der Waals surface area contributed by atoms with E-state index < -0.39 is 0 Å². The van der Waals surface area contributed by atoms with Crippen LogP contribution in [0.3, 0.4) is 0 Å². The molecule has 31 heavy (non-hydrogen) atoms. The van der Waals surface area contributed by atoms with Crippen LogP contribution in [0, 0.1) is 11.8 Å². The van der Waals surface area contributed by atoms with Gasteiger partial charge in [-0.25, -0.2) is 0 Å². The van der Waals surface area contributed by atoms with Gasteiger partial charge in [0, 0.05) is 26.6 Å². The number of ether oxygens (including phenoxy) is 1. The fraction of sp³-hybridized carbons (Fsp3) is 0.571. The molecule has 0 N–H and O–H groups in total. The standard InChI is InChI=1S/C21H26N4O5S/c1-29-11-10-24(13-17-22-23-19(30-17)16-7-4-12-31-16)18(26)8-9-25-20(27)14-5-2-3-6-15(14)21(25)28/h4,7,12,14-15H,2-3,5-6,8-11,13H2,1H3. The second-order valence-electron chi connectivity index (χ2n) is 7.86. The number of carbonyl (C=O) groups is 3. The van der Waals surface area contributed by atoms with Crippen LogP contribution in [0.1, 0.15) is 38.0 Å². The van der Waals surface area contributed by atoms with Crippen molar-refractivity contribution < 1.29 is 23.5 Å². The Morgan fingerprint density at radius 2 is 2.00 bits per heavy atom. The molecule has 2 aliphatic rings. The van der Waals surface area contributed by atoms with E-state index in [0.717, 1.165) is 30.6 Å². The molecule has 2 atom stereocenters. The summed E-state index contributed by atoms with van der Waals surface area (Å²) in [5.41, 5.74) is 0. The number of likely N-dealkylation sites (tertiary alicyclic amines) is 1. The average Bonchev–Trinajstić information content (AvgIpc) is 3.52. The molecule has 0 aromatic carbocycles. The number of rotatable bonds is 9. The van der Waals surface area contributed by atoms with Gasteiger partial charge in [0.2, 0.25) is 23.6 Å². The molecule has 1 saturated heterocycles. The number of hydrogen-bond acceptors (Lipinski definition) is 8. The van der Waals surface area contributed by atoms with Crippen LogP contribution < -0.4 is 0 Å². The van der Waals surface area contributed by atoms with Crippen LogP contribution in [-0.4, -0.2) is 64.5 Å². The molecule has 10 heteroatoms. The summed E-state index contributed by atoms with van der Waals surface area (Å²) in [4.78, 5) is 41.9. The third-order valence-corrected chi connectivity index (χ3v) is 6.78. The Balaban J connectivity index is 1.38. The highest BCUT2D eigenvalue weighted by Crippen LogP contribution is 2.38. The Labute approximate surface area is 184 Å². The van der Waals surface area contributed by atoms with Crippen molar-refractivity contribution in [3.05, 3.63) is 23.4 Å². The maximum absolute atomic E-state index is 12.9. The van der Waals surface area contributed by atoms with Gasteiger partial charge >= 0.3 is 0 Å². The zero-order valence-corrected chi connectivity index (χ0v) is 18.3. The summed E-state index contributed by atoms with van der Waals surface area (Å²) < 4.78 is 10.8. The van der Waals surface area contributed by atoms with Crippen molar-refractivity contribution in [2.75, 3.05) is 26.8 Å². The first-order valence-electron chi connectivity index (χ1n) is 10.6. The molecular weight excluding hydrogens is 420 g/mol. The number of methoxy groups -OCH3 is 1. The number of fused-ring (bicyclic) bond motifs is 1. The largest absolute Gasteiger partial charge is 0.418 e. The van der Waals surface area contributed by atoms with E-state index in [1.807, 2.05) is 17.5 Å². The van der Waals surface area contributed by atoms with E-state index in [1.54, 1.807) is 12.0 Å². The number of nitrogens with zero attached hydrogens (tertiary/aromatic N) is 4. The van der Waals surface area contributed by atoms with E-state index in [9.17, 15) is 14.4 Å². The van der Waals surface area contributed by atoms with Gasteiger partial charge in [-0.15, -0.1) is 21.5 Å². The van der Waals surface area contributed by atoms with E-state index in [2.05, 4.69) is 10.2 Å². The number of amides is 3. The van der Waals surface area contributed by atoms with Gasteiger partial charge in [0.15, 0.2) is 0 Å². The monoisotopic (exact) mass is 446 g/mol. The molecule has 2 aromatic heterocycles. The molecule has 0 radical (unpaired) electrons. The van der Waals surface area contributed by atoms with Crippen LogP contribution in [0.4, 0.5) is 0 Å². The molecule has 166 valence electrons. The summed E-state index contributed by atoms with van der Waals surface area (Å²) in [6.07, 6.45) is 3.56. The zero-order chi connectivity index (χ0) is 21.8. The quantitative estimate of drug-likeness (QED) is 0.544. The van der Waals surface area contributed by atoms with Gasteiger partial charge in [-0.3, -0.25) is 19.3 Å². The van der Waals surface area contributed by atoms with Crippen molar-refractivity contribution in [1.82, 2.24) is 20.0 Å². The maximum atomic E-state index is 12.9. The smallest absolute Gasteiger partial charge is 0.257 e. The lowest BCUT2D eigenvalue weighted by atomic mass is 9.81. The minimum atomic E-state index is -0.199. The van der Waals surface area contributed by atoms with Gasteiger partial charge in [0.25, 0.3) is 5.89 Å². The first-order valence-corrected chi connectivity index (χ1v) is 11.4. The van der Waals surface area contributed by atoms with Crippen molar-refractivity contribution in [2.24, 2.45) is 11.8 Å². The minimum Gasteiger partial charge on any atom is -0.418 e. The van der Waals surface area contributed by atoms with Crippen LogP contribution in [-0.2, 0) is 25.7 Å². The van der Waals surface area contributed by atoms with Crippen molar-refractivity contribution in [2.45, 2.75) is 38.6 Å². The molecule has 0 bridgehead atoms. The molecule has 9 nitrogen and oxygen atoms in total. The van der Waals surface area contributed by atoms with Crippen LogP contribution >= 0.6 is 11.3 Å².